The second-order valence-corrected chi connectivity index (χ2v) is 30.2. The fourth-order valence-corrected chi connectivity index (χ4v) is 12.2. The predicted octanol–water partition coefficient (Wildman–Crippen LogP) is 20.1. The molecule has 0 rings (SSSR count). The molecule has 17 nitrogen and oxygen atoms in total. The van der Waals surface area contributed by atoms with E-state index < -0.39 is 97.5 Å². The Morgan fingerprint density at radius 2 is 0.533 bits per heavy atom. The molecule has 4 unspecified atom stereocenters. The zero-order chi connectivity index (χ0) is 66.8. The molecule has 0 aromatic heterocycles. The van der Waals surface area contributed by atoms with Crippen molar-refractivity contribution in [3.8, 4) is 0 Å². The fourth-order valence-electron chi connectivity index (χ4n) is 10.6. The van der Waals surface area contributed by atoms with Crippen LogP contribution in [0.3, 0.4) is 0 Å². The number of aliphatic hydroxyl groups is 1. The van der Waals surface area contributed by atoms with Crippen LogP contribution < -0.4 is 0 Å². The van der Waals surface area contributed by atoms with E-state index in [-0.39, 0.29) is 25.7 Å². The van der Waals surface area contributed by atoms with Gasteiger partial charge in [0.1, 0.15) is 19.3 Å². The van der Waals surface area contributed by atoms with E-state index in [2.05, 4.69) is 55.4 Å². The minimum atomic E-state index is -4.95. The monoisotopic (exact) mass is 1320 g/mol. The summed E-state index contributed by atoms with van der Waals surface area (Å²) in [7, 11) is -9.90. The van der Waals surface area contributed by atoms with Crippen molar-refractivity contribution in [2.24, 2.45) is 23.7 Å². The molecule has 3 N–H and O–H groups in total. The highest BCUT2D eigenvalue weighted by atomic mass is 31.2. The van der Waals surface area contributed by atoms with Crippen LogP contribution in [-0.2, 0) is 65.4 Å². The summed E-state index contributed by atoms with van der Waals surface area (Å²) in [6.07, 6.45) is 43.0. The van der Waals surface area contributed by atoms with Crippen molar-refractivity contribution in [2.45, 2.75) is 369 Å². The maximum absolute atomic E-state index is 13.0. The molecule has 0 aliphatic carbocycles. The van der Waals surface area contributed by atoms with Gasteiger partial charge in [0, 0.05) is 25.7 Å². The Hall–Kier alpha value is -1.94. The molecule has 90 heavy (non-hydrogen) atoms. The number of rotatable bonds is 68. The maximum atomic E-state index is 13.0. The van der Waals surface area contributed by atoms with Crippen LogP contribution in [-0.4, -0.2) is 96.7 Å². The van der Waals surface area contributed by atoms with Crippen molar-refractivity contribution in [3.63, 3.8) is 0 Å². The van der Waals surface area contributed by atoms with E-state index in [1.807, 2.05) is 0 Å². The average molecular weight is 1330 g/mol. The summed E-state index contributed by atoms with van der Waals surface area (Å²) in [6, 6.07) is 0. The van der Waals surface area contributed by atoms with Crippen molar-refractivity contribution in [2.75, 3.05) is 39.6 Å². The summed E-state index contributed by atoms with van der Waals surface area (Å²) in [5.41, 5.74) is 0. The summed E-state index contributed by atoms with van der Waals surface area (Å²) in [4.78, 5) is 72.6. The maximum Gasteiger partial charge on any atom is 0.472 e. The number of aliphatic hydroxyl groups excluding tert-OH is 1. The molecular weight excluding hydrogens is 1190 g/mol. The second kappa shape index (κ2) is 60.7. The normalized spacial score (nSPS) is 14.6. The molecule has 0 aromatic rings. The molecule has 0 fully saturated rings. The fraction of sp³-hybridized carbons (Fsp3) is 0.944. The number of phosphoric ester groups is 2. The average Bonchev–Trinajstić information content (AvgIpc) is 3.02. The highest BCUT2D eigenvalue weighted by molar-refractivity contribution is 7.47. The van der Waals surface area contributed by atoms with E-state index in [0.29, 0.717) is 31.6 Å². The van der Waals surface area contributed by atoms with E-state index in [1.54, 1.807) is 0 Å². The Bertz CT molecular complexity index is 1780. The first-order valence-corrected chi connectivity index (χ1v) is 39.7. The Labute approximate surface area is 549 Å². The van der Waals surface area contributed by atoms with Crippen molar-refractivity contribution < 1.29 is 80.2 Å². The van der Waals surface area contributed by atoms with Gasteiger partial charge in [-0.3, -0.25) is 37.3 Å². The molecule has 0 aromatic carbocycles. The largest absolute Gasteiger partial charge is 0.472 e. The minimum Gasteiger partial charge on any atom is -0.462 e. The molecule has 0 aliphatic rings. The van der Waals surface area contributed by atoms with Crippen LogP contribution in [0.25, 0.3) is 0 Å². The molecule has 0 bridgehead atoms. The smallest absolute Gasteiger partial charge is 0.462 e. The van der Waals surface area contributed by atoms with E-state index in [1.165, 1.54) is 148 Å². The molecule has 0 spiro atoms. The Morgan fingerprint density at radius 3 is 0.789 bits per heavy atom. The summed E-state index contributed by atoms with van der Waals surface area (Å²) >= 11 is 0. The van der Waals surface area contributed by atoms with Gasteiger partial charge in [0.25, 0.3) is 0 Å². The number of unbranched alkanes of at least 4 members (excludes halogenated alkanes) is 33. The third kappa shape index (κ3) is 63.5. The summed E-state index contributed by atoms with van der Waals surface area (Å²) < 4.78 is 68.3. The topological polar surface area (TPSA) is 237 Å². The van der Waals surface area contributed by atoms with E-state index in [4.69, 9.17) is 37.0 Å². The van der Waals surface area contributed by atoms with Gasteiger partial charge >= 0.3 is 39.5 Å². The number of hydrogen-bond donors (Lipinski definition) is 3. The number of phosphoric acid groups is 2. The Kier molecular flexibility index (Phi) is 59.4. The van der Waals surface area contributed by atoms with Crippen LogP contribution in [0.15, 0.2) is 0 Å². The van der Waals surface area contributed by atoms with Crippen LogP contribution in [0.4, 0.5) is 0 Å². The zero-order valence-corrected chi connectivity index (χ0v) is 60.6. The zero-order valence-electron chi connectivity index (χ0n) is 58.8. The predicted molar refractivity (Wildman–Crippen MR) is 363 cm³/mol. The van der Waals surface area contributed by atoms with Crippen LogP contribution in [0.2, 0.25) is 0 Å². The van der Waals surface area contributed by atoms with Gasteiger partial charge in [-0.05, 0) is 49.4 Å². The molecule has 0 aliphatic heterocycles. The molecule has 0 radical (unpaired) electrons. The lowest BCUT2D eigenvalue weighted by atomic mass is 9.99. The number of hydrogen-bond acceptors (Lipinski definition) is 15. The van der Waals surface area contributed by atoms with Crippen molar-refractivity contribution in [1.82, 2.24) is 0 Å². The summed E-state index contributed by atoms with van der Waals surface area (Å²) in [6.45, 7) is 14.1. The molecular formula is C71H138O17P2. The van der Waals surface area contributed by atoms with E-state index in [9.17, 15) is 43.2 Å². The lowest BCUT2D eigenvalue weighted by Crippen LogP contribution is -2.30. The Morgan fingerprint density at radius 1 is 0.311 bits per heavy atom. The van der Waals surface area contributed by atoms with Crippen LogP contribution in [0, 0.1) is 23.7 Å². The van der Waals surface area contributed by atoms with Gasteiger partial charge in [-0.25, -0.2) is 9.13 Å². The number of esters is 4. The molecule has 534 valence electrons. The third-order valence-corrected chi connectivity index (χ3v) is 18.6. The Balaban J connectivity index is 5.27. The van der Waals surface area contributed by atoms with Gasteiger partial charge in [0.15, 0.2) is 12.2 Å². The minimum absolute atomic E-state index is 0.105. The second-order valence-electron chi connectivity index (χ2n) is 27.3. The van der Waals surface area contributed by atoms with Gasteiger partial charge in [0.05, 0.1) is 26.4 Å². The SMILES string of the molecule is CCC(C)CCCCCCCCCCCCC(=O)O[C@H](COC(=O)CCCCCCCCCC(C)C)COP(=O)(O)OCC(O)COP(=O)(O)OC[C@@H](COC(=O)CCCCCCCCCCCC(C)C)OC(=O)CCCCCCCCCCCCCC(C)C. The van der Waals surface area contributed by atoms with Crippen LogP contribution >= 0.6 is 15.6 Å². The molecule has 0 saturated heterocycles. The number of ether oxygens (including phenoxy) is 4. The first-order valence-electron chi connectivity index (χ1n) is 36.7. The highest BCUT2D eigenvalue weighted by Gasteiger charge is 2.30. The molecule has 6 atom stereocenters. The van der Waals surface area contributed by atoms with Gasteiger partial charge in [-0.15, -0.1) is 0 Å². The third-order valence-electron chi connectivity index (χ3n) is 16.7. The van der Waals surface area contributed by atoms with E-state index in [0.717, 1.165) is 114 Å². The summed E-state index contributed by atoms with van der Waals surface area (Å²) in [5, 5.41) is 10.6. The first-order chi connectivity index (χ1) is 43.1. The van der Waals surface area contributed by atoms with Gasteiger partial charge in [0.2, 0.25) is 0 Å². The highest BCUT2D eigenvalue weighted by Crippen LogP contribution is 2.45. The molecule has 19 heteroatoms. The molecule has 0 saturated carbocycles. The lowest BCUT2D eigenvalue weighted by molar-refractivity contribution is -0.161. The standard InChI is InChI=1S/C71H138O17P2/c1-9-64(8)50-42-34-26-18-13-14-20-29-38-46-54-71(76)88-67(58-82-69(74)52-44-36-30-22-25-33-41-49-63(6)7)60-86-90(79,80)84-56-65(72)55-83-89(77,78)85-59-66(57-81-68(73)51-43-35-27-21-15-17-24-32-40-48-62(4)5)87-70(75)53-45-37-28-19-12-10-11-16-23-31-39-47-61(2)3/h61-67,72H,9-60H2,1-8H3,(H,77,78)(H,79,80)/t64?,65?,66-,67-/m1/s1. The van der Waals surface area contributed by atoms with Gasteiger partial charge < -0.3 is 33.8 Å². The van der Waals surface area contributed by atoms with Gasteiger partial charge in [-0.1, -0.05) is 299 Å². The van der Waals surface area contributed by atoms with Crippen molar-refractivity contribution >= 4 is 39.5 Å². The van der Waals surface area contributed by atoms with Crippen molar-refractivity contribution in [3.05, 3.63) is 0 Å². The van der Waals surface area contributed by atoms with E-state index >= 15 is 0 Å². The quantitative estimate of drug-likeness (QED) is 0.0222. The van der Waals surface area contributed by atoms with Crippen molar-refractivity contribution in [1.29, 1.82) is 0 Å². The molecule has 0 heterocycles. The lowest BCUT2D eigenvalue weighted by Gasteiger charge is -2.21. The van der Waals surface area contributed by atoms with Gasteiger partial charge in [-0.2, -0.15) is 0 Å². The number of carbonyl (C=O) groups is 4. The number of carbonyl (C=O) groups excluding carboxylic acids is 4. The molecule has 0 amide bonds. The van der Waals surface area contributed by atoms with Crippen LogP contribution in [0.1, 0.15) is 351 Å². The van der Waals surface area contributed by atoms with Crippen LogP contribution in [0.5, 0.6) is 0 Å². The first kappa shape index (κ1) is 88.1. The summed E-state index contributed by atoms with van der Waals surface area (Å²) in [5.74, 6) is 0.889.